The average Bonchev–Trinajstić information content (AvgIpc) is 3.58. The molecule has 0 aliphatic rings. The van der Waals surface area contributed by atoms with Crippen LogP contribution in [0.15, 0.2) is 127 Å². The molecule has 0 aliphatic heterocycles. The van der Waals surface area contributed by atoms with E-state index in [0.29, 0.717) is 22.8 Å². The van der Waals surface area contributed by atoms with Crippen LogP contribution in [0.1, 0.15) is 21.7 Å². The first-order valence-electron chi connectivity index (χ1n) is 15.3. The van der Waals surface area contributed by atoms with E-state index in [1.807, 2.05) is 18.2 Å². The SMILES string of the molecule is Cc1nn(-c2cccc(S(=O)(=O)O)c2)c(N)c1/N=N/c1ccc(C(=O)Nc2ccc(/N=N/c3c(C)nn(-c4ccccc4)c3N)c(S(=O)(=O)O)c2)cc1. The first kappa shape index (κ1) is 36.2. The summed E-state index contributed by atoms with van der Waals surface area (Å²) in [6.45, 7) is 3.29. The van der Waals surface area contributed by atoms with Gasteiger partial charge in [-0.2, -0.15) is 32.1 Å². The van der Waals surface area contributed by atoms with Crippen molar-refractivity contribution >= 4 is 66.2 Å². The third-order valence-corrected chi connectivity index (χ3v) is 9.37. The summed E-state index contributed by atoms with van der Waals surface area (Å²) in [4.78, 5) is 12.1. The van der Waals surface area contributed by atoms with Gasteiger partial charge >= 0.3 is 0 Å². The van der Waals surface area contributed by atoms with Gasteiger partial charge in [0.2, 0.25) is 0 Å². The van der Waals surface area contributed by atoms with Gasteiger partial charge in [-0.1, -0.05) is 24.3 Å². The molecule has 6 rings (SSSR count). The number of carbonyl (C=O) groups excluding carboxylic acids is 1. The van der Waals surface area contributed by atoms with Crippen LogP contribution < -0.4 is 16.8 Å². The van der Waals surface area contributed by atoms with Crippen molar-refractivity contribution in [3.05, 3.63) is 114 Å². The van der Waals surface area contributed by atoms with E-state index in [4.69, 9.17) is 11.5 Å². The summed E-state index contributed by atoms with van der Waals surface area (Å²) in [5.41, 5.74) is 15.0. The maximum absolute atomic E-state index is 13.0. The van der Waals surface area contributed by atoms with Crippen LogP contribution in [0.5, 0.6) is 0 Å². The Morgan fingerprint density at radius 1 is 0.679 bits per heavy atom. The maximum atomic E-state index is 13.0. The molecule has 0 spiro atoms. The molecule has 4 aromatic carbocycles. The number of para-hydroxylation sites is 1. The Kier molecular flexibility index (Phi) is 9.69. The fourth-order valence-corrected chi connectivity index (χ4v) is 6.20. The van der Waals surface area contributed by atoms with Crippen molar-refractivity contribution in [2.24, 2.45) is 20.5 Å². The molecule has 20 heteroatoms. The molecule has 1 amide bonds. The summed E-state index contributed by atoms with van der Waals surface area (Å²) in [5, 5.41) is 27.7. The van der Waals surface area contributed by atoms with Gasteiger partial charge in [-0.25, -0.2) is 9.36 Å². The second-order valence-corrected chi connectivity index (χ2v) is 14.1. The Labute approximate surface area is 302 Å². The first-order chi connectivity index (χ1) is 25.1. The summed E-state index contributed by atoms with van der Waals surface area (Å²) < 4.78 is 69.8. The van der Waals surface area contributed by atoms with Crippen molar-refractivity contribution in [1.29, 1.82) is 0 Å². The van der Waals surface area contributed by atoms with Crippen LogP contribution in [0.25, 0.3) is 11.4 Å². The van der Waals surface area contributed by atoms with E-state index < -0.39 is 31.0 Å². The summed E-state index contributed by atoms with van der Waals surface area (Å²) in [6.07, 6.45) is 0. The van der Waals surface area contributed by atoms with Crippen molar-refractivity contribution in [2.75, 3.05) is 16.8 Å². The largest absolute Gasteiger partial charge is 0.382 e. The number of hydrogen-bond donors (Lipinski definition) is 5. The zero-order valence-electron chi connectivity index (χ0n) is 27.7. The van der Waals surface area contributed by atoms with Crippen molar-refractivity contribution in [1.82, 2.24) is 19.6 Å². The highest BCUT2D eigenvalue weighted by Gasteiger charge is 2.20. The number of nitrogens with zero attached hydrogens (tertiary/aromatic N) is 8. The van der Waals surface area contributed by atoms with Gasteiger partial charge in [0, 0.05) is 11.3 Å². The topological polar surface area (TPSA) is 275 Å². The number of rotatable bonds is 10. The standard InChI is InChI=1S/C33H29N11O7S2/c1-19-29(32(35)44(42-19)25-9-6-10-26(18-25)52(46,47)48)39-37-22-13-11-21(12-14-22)33(45)36-23-15-16-27(28(17-23)53(49,50)51)38-40-30-20(2)41-43(31(30)34)24-7-4-3-5-8-24/h3-18H,34-35H2,1-2H3,(H,36,45)(H,46,47,48)(H,49,50,51)/b39-37+,40-38+. The van der Waals surface area contributed by atoms with Crippen LogP contribution >= 0.6 is 0 Å². The zero-order chi connectivity index (χ0) is 38.1. The molecular weight excluding hydrogens is 727 g/mol. The maximum Gasteiger partial charge on any atom is 0.296 e. The number of benzene rings is 4. The Balaban J connectivity index is 1.17. The van der Waals surface area contributed by atoms with Gasteiger partial charge in [-0.3, -0.25) is 13.9 Å². The van der Waals surface area contributed by atoms with Crippen molar-refractivity contribution in [3.8, 4) is 11.4 Å². The van der Waals surface area contributed by atoms with Crippen LogP contribution in [-0.2, 0) is 20.2 Å². The normalized spacial score (nSPS) is 12.2. The monoisotopic (exact) mass is 755 g/mol. The molecule has 0 radical (unpaired) electrons. The van der Waals surface area contributed by atoms with Gasteiger partial charge < -0.3 is 16.8 Å². The summed E-state index contributed by atoms with van der Waals surface area (Å²) in [7, 11) is -9.26. The number of nitrogens with one attached hydrogen (secondary N) is 1. The summed E-state index contributed by atoms with van der Waals surface area (Å²) in [6, 6.07) is 24.1. The minimum atomic E-state index is -4.81. The summed E-state index contributed by atoms with van der Waals surface area (Å²) >= 11 is 0. The van der Waals surface area contributed by atoms with E-state index in [1.165, 1.54) is 64.0 Å². The number of hydrogen-bond acceptors (Lipinski definition) is 13. The molecule has 6 aromatic rings. The van der Waals surface area contributed by atoms with Crippen LogP contribution in [0.2, 0.25) is 0 Å². The van der Waals surface area contributed by atoms with Gasteiger partial charge in [-0.15, -0.1) is 15.3 Å². The smallest absolute Gasteiger partial charge is 0.296 e. The van der Waals surface area contributed by atoms with Crippen molar-refractivity contribution < 1.29 is 30.7 Å². The third-order valence-electron chi connectivity index (χ3n) is 7.64. The molecule has 270 valence electrons. The highest BCUT2D eigenvalue weighted by Crippen LogP contribution is 2.34. The predicted octanol–water partition coefficient (Wildman–Crippen LogP) is 6.42. The van der Waals surface area contributed by atoms with Gasteiger partial charge in [-0.05, 0) is 86.6 Å². The number of aryl methyl sites for hydroxylation is 2. The predicted molar refractivity (Wildman–Crippen MR) is 194 cm³/mol. The van der Waals surface area contributed by atoms with Crippen LogP contribution in [-0.4, -0.2) is 51.4 Å². The van der Waals surface area contributed by atoms with Gasteiger partial charge in [0.1, 0.15) is 10.6 Å². The fourth-order valence-electron chi connectivity index (χ4n) is 5.03. The van der Waals surface area contributed by atoms with E-state index >= 15 is 0 Å². The molecule has 0 bridgehead atoms. The number of amides is 1. The molecule has 2 heterocycles. The van der Waals surface area contributed by atoms with Crippen molar-refractivity contribution in [3.63, 3.8) is 0 Å². The number of azo groups is 2. The Morgan fingerprint density at radius 3 is 1.87 bits per heavy atom. The molecule has 18 nitrogen and oxygen atoms in total. The molecule has 0 fully saturated rings. The Hall–Kier alpha value is -6.61. The molecule has 0 saturated carbocycles. The Bertz CT molecular complexity index is 2660. The van der Waals surface area contributed by atoms with Crippen LogP contribution in [0.4, 0.5) is 40.1 Å². The minimum absolute atomic E-state index is 0.0445. The van der Waals surface area contributed by atoms with E-state index in [0.717, 1.165) is 6.07 Å². The first-order valence-corrected chi connectivity index (χ1v) is 18.2. The third kappa shape index (κ3) is 7.84. The zero-order valence-corrected chi connectivity index (χ0v) is 29.4. The highest BCUT2D eigenvalue weighted by molar-refractivity contribution is 7.86. The highest BCUT2D eigenvalue weighted by atomic mass is 32.2. The van der Waals surface area contributed by atoms with E-state index in [1.54, 1.807) is 32.0 Å². The average molecular weight is 756 g/mol. The fraction of sp³-hybridized carbons (Fsp3) is 0.0606. The second kappa shape index (κ2) is 14.2. The lowest BCUT2D eigenvalue weighted by molar-refractivity contribution is 0.102. The van der Waals surface area contributed by atoms with Crippen LogP contribution in [0.3, 0.4) is 0 Å². The van der Waals surface area contributed by atoms with Gasteiger partial charge in [0.25, 0.3) is 26.1 Å². The molecule has 2 aromatic heterocycles. The van der Waals surface area contributed by atoms with E-state index in [2.05, 4.69) is 36.0 Å². The molecule has 0 unspecified atom stereocenters. The lowest BCUT2D eigenvalue weighted by Crippen LogP contribution is -2.12. The summed E-state index contributed by atoms with van der Waals surface area (Å²) in [5.74, 6) is -0.376. The molecule has 53 heavy (non-hydrogen) atoms. The Morgan fingerprint density at radius 2 is 1.26 bits per heavy atom. The lowest BCUT2D eigenvalue weighted by atomic mass is 10.2. The molecule has 0 aliphatic carbocycles. The number of carbonyl (C=O) groups is 1. The van der Waals surface area contributed by atoms with Gasteiger partial charge in [0.15, 0.2) is 23.0 Å². The molecular formula is C33H29N11O7S2. The van der Waals surface area contributed by atoms with E-state index in [-0.39, 0.29) is 50.5 Å². The number of nitrogen functional groups attached to an aromatic ring is 2. The number of anilines is 3. The lowest BCUT2D eigenvalue weighted by Gasteiger charge is -2.08. The van der Waals surface area contributed by atoms with E-state index in [9.17, 15) is 30.7 Å². The number of aromatic nitrogens is 4. The van der Waals surface area contributed by atoms with Crippen molar-refractivity contribution in [2.45, 2.75) is 23.6 Å². The molecule has 0 atom stereocenters. The van der Waals surface area contributed by atoms with Gasteiger partial charge in [0.05, 0.1) is 33.3 Å². The second-order valence-electron chi connectivity index (χ2n) is 11.3. The molecule has 0 saturated heterocycles. The minimum Gasteiger partial charge on any atom is -0.382 e. The quantitative estimate of drug-likeness (QED) is 0.0752. The number of nitrogens with two attached hydrogens (primary N) is 2. The van der Waals surface area contributed by atoms with Crippen LogP contribution in [0, 0.1) is 13.8 Å². The molecule has 7 N–H and O–H groups in total.